The van der Waals surface area contributed by atoms with E-state index >= 15 is 0 Å². The van der Waals surface area contributed by atoms with Gasteiger partial charge in [0.2, 0.25) is 5.69 Å². The van der Waals surface area contributed by atoms with Crippen molar-refractivity contribution in [3.05, 3.63) is 84.4 Å². The first-order chi connectivity index (χ1) is 25.5. The number of fused-ring (bicyclic) bond motifs is 2. The van der Waals surface area contributed by atoms with Gasteiger partial charge in [-0.05, 0) is 56.7 Å². The molecule has 2 aliphatic rings. The number of hydrogen-bond acceptors (Lipinski definition) is 14. The Kier molecular flexibility index (Phi) is 29.3. The van der Waals surface area contributed by atoms with E-state index in [1.165, 1.54) is 12.1 Å². The summed E-state index contributed by atoms with van der Waals surface area (Å²) in [6, 6.07) is 13.3. The number of aliphatic carboxylic acids is 1. The van der Waals surface area contributed by atoms with E-state index < -0.39 is 64.0 Å². The van der Waals surface area contributed by atoms with Crippen molar-refractivity contribution in [3.8, 4) is 0 Å². The zero-order valence-corrected chi connectivity index (χ0v) is 46.1. The number of allylic oxidation sites excluding steroid dienone is 4. The number of rotatable bonds is 16. The van der Waals surface area contributed by atoms with Gasteiger partial charge in [-0.3, -0.25) is 4.79 Å². The maximum Gasteiger partial charge on any atom is 1.00 e. The quantitative estimate of drug-likeness (QED) is 0.0542. The van der Waals surface area contributed by atoms with E-state index in [0.29, 0.717) is 37.9 Å². The predicted octanol–water partition coefficient (Wildman–Crippen LogP) is -5.43. The Morgan fingerprint density at radius 3 is 2.05 bits per heavy atom. The molecule has 304 valence electrons. The summed E-state index contributed by atoms with van der Waals surface area (Å²) in [5.74, 6) is -1.31. The number of nitrogens with zero attached hydrogens (tertiary/aromatic N) is 2. The van der Waals surface area contributed by atoms with E-state index in [1.807, 2.05) is 50.3 Å². The van der Waals surface area contributed by atoms with Crippen LogP contribution in [0.3, 0.4) is 0 Å². The molecule has 0 spiro atoms. The van der Waals surface area contributed by atoms with Crippen molar-refractivity contribution >= 4 is 64.5 Å². The predicted molar refractivity (Wildman–Crippen MR) is 198 cm³/mol. The van der Waals surface area contributed by atoms with Gasteiger partial charge in [-0.25, -0.2) is 16.8 Å². The molecule has 1 N–H and O–H groups in total. The molecule has 2 aromatic rings. The summed E-state index contributed by atoms with van der Waals surface area (Å²) in [6.45, 7) is 11.0. The van der Waals surface area contributed by atoms with Gasteiger partial charge in [-0.15, -0.1) is 36.9 Å². The molecule has 2 aromatic carbocycles. The molecule has 0 saturated heterocycles. The number of carboxylic acid groups (broad SMARTS) is 1. The zero-order chi connectivity index (χ0) is 41.8. The average molecular weight is 961 g/mol. The molecule has 1 unspecified atom stereocenters. The van der Waals surface area contributed by atoms with Gasteiger partial charge in [0.15, 0.2) is 5.71 Å². The molecular weight excluding hydrogens is 918 g/mol. The number of anilines is 1. The van der Waals surface area contributed by atoms with Crippen molar-refractivity contribution in [1.82, 2.24) is 0 Å². The largest absolute Gasteiger partial charge is 1.00 e. The second-order valence-corrected chi connectivity index (χ2v) is 17.0. The van der Waals surface area contributed by atoms with Crippen molar-refractivity contribution in [2.75, 3.05) is 23.7 Å². The molecule has 0 saturated carbocycles. The minimum absolute atomic E-state index is 0. The van der Waals surface area contributed by atoms with Crippen LogP contribution in [0.15, 0.2) is 65.2 Å². The maximum atomic E-state index is 11.9. The number of carboxylic acids is 1. The molecule has 0 amide bonds. The number of hydrogen-bond donors (Lipinski definition) is 1. The molecular formula is C35H43K3N2O14S4. The van der Waals surface area contributed by atoms with Gasteiger partial charge in [-0.2, -0.15) is 29.2 Å². The second-order valence-electron chi connectivity index (χ2n) is 13.3. The zero-order valence-electron chi connectivity index (χ0n) is 33.5. The maximum absolute atomic E-state index is 11.9. The van der Waals surface area contributed by atoms with Gasteiger partial charge in [0, 0.05) is 48.5 Å². The van der Waals surface area contributed by atoms with Crippen LogP contribution in [-0.4, -0.2) is 91.4 Å². The van der Waals surface area contributed by atoms with Crippen molar-refractivity contribution in [2.45, 2.75) is 87.9 Å². The van der Waals surface area contributed by atoms with E-state index in [9.17, 15) is 30.7 Å². The molecule has 0 radical (unpaired) electrons. The van der Waals surface area contributed by atoms with Crippen LogP contribution in [-0.2, 0) is 57.1 Å². The standard InChI is InChI=1S/C35H45N2O8S2.3K.2O3S/c1-5-6-21-35(4)27-14-9-10-15-29(27)37(23-13-24-46(40,41)42)32(35)17-12-16-31-34(2,3)28-25-26(47(43,44)45)19-20-30(28)36(31)22-11-7-8-18-33(38)39;;;;2*1-4(2)3/h10,12,14-17,19-20,25H,1,5-8,11,13,18,21-24H2,2-4H3,(H,38,39)(H,40,41,42)(H,43,44,45);;;;;/q-1;3*+1;;/p-2. The minimum atomic E-state index is -4.67. The Balaban J connectivity index is 0. The van der Waals surface area contributed by atoms with Crippen LogP contribution in [0, 0.1) is 13.0 Å². The fourth-order valence-corrected chi connectivity index (χ4v) is 7.80. The summed E-state index contributed by atoms with van der Waals surface area (Å²) in [4.78, 5) is 12.8. The van der Waals surface area contributed by atoms with E-state index in [0.717, 1.165) is 47.6 Å². The Morgan fingerprint density at radius 1 is 0.914 bits per heavy atom. The van der Waals surface area contributed by atoms with Crippen molar-refractivity contribution in [3.63, 3.8) is 0 Å². The van der Waals surface area contributed by atoms with Crippen molar-refractivity contribution in [2.24, 2.45) is 0 Å². The van der Waals surface area contributed by atoms with Crippen LogP contribution in [0.5, 0.6) is 0 Å². The topological polar surface area (TPSA) is 260 Å². The number of unbranched alkanes of at least 4 members (excludes halogenated alkanes) is 3. The number of benzene rings is 2. The van der Waals surface area contributed by atoms with Crippen LogP contribution >= 0.6 is 0 Å². The summed E-state index contributed by atoms with van der Waals surface area (Å²) in [7, 11) is -15.3. The first-order valence-electron chi connectivity index (χ1n) is 16.9. The molecule has 0 aliphatic carbocycles. The molecule has 16 nitrogen and oxygen atoms in total. The van der Waals surface area contributed by atoms with Crippen molar-refractivity contribution < 1.29 is 220 Å². The Bertz CT molecular complexity index is 2240. The summed E-state index contributed by atoms with van der Waals surface area (Å²) in [5, 5.41) is 9.04. The Labute approximate surface area is 471 Å². The van der Waals surface area contributed by atoms with Gasteiger partial charge in [0.05, 0.1) is 20.4 Å². The second kappa shape index (κ2) is 27.9. The monoisotopic (exact) mass is 960 g/mol. The Hall–Kier alpha value is 0.829. The summed E-state index contributed by atoms with van der Waals surface area (Å²) in [5.41, 5.74) is 4.24. The molecule has 0 fully saturated rings. The van der Waals surface area contributed by atoms with E-state index in [2.05, 4.69) is 29.4 Å². The van der Waals surface area contributed by atoms with Gasteiger partial charge in [0.1, 0.15) is 16.7 Å². The Morgan fingerprint density at radius 2 is 1.52 bits per heavy atom. The SMILES string of the molecule is O=S(=O)=O.O=S(=O)=O.[CH2-]CCCC1(C)/C(=C/C=C\C2=[N+](CCCCCC(=O)O)c3ccc(S(=O)(=O)[O-])cc3C2(C)C)N(CCCS(=O)(=O)[O-])c2cc[c-]cc21.[K+].[K+].[K+]. The normalized spacial score (nSPS) is 17.0. The molecule has 0 aromatic heterocycles. The van der Waals surface area contributed by atoms with Crippen LogP contribution in [0.25, 0.3) is 0 Å². The third kappa shape index (κ3) is 18.9. The van der Waals surface area contributed by atoms with Gasteiger partial charge in [0.25, 0.3) is 0 Å². The van der Waals surface area contributed by atoms with E-state index in [4.69, 9.17) is 30.4 Å². The third-order valence-electron chi connectivity index (χ3n) is 9.22. The molecule has 2 heterocycles. The molecule has 2 aliphatic heterocycles. The fourth-order valence-electron chi connectivity index (χ4n) is 6.82. The van der Waals surface area contributed by atoms with Crippen molar-refractivity contribution in [1.29, 1.82) is 0 Å². The van der Waals surface area contributed by atoms with Crippen LogP contribution in [0.1, 0.15) is 83.3 Å². The van der Waals surface area contributed by atoms with Crippen LogP contribution in [0.4, 0.5) is 11.4 Å². The summed E-state index contributed by atoms with van der Waals surface area (Å²) >= 11 is 0. The first-order valence-corrected chi connectivity index (χ1v) is 21.9. The van der Waals surface area contributed by atoms with Crippen LogP contribution < -0.4 is 159 Å². The van der Waals surface area contributed by atoms with Gasteiger partial charge in [-0.1, -0.05) is 31.5 Å². The van der Waals surface area contributed by atoms with Gasteiger partial charge < -0.3 is 26.0 Å². The number of carbonyl (C=O) groups is 1. The van der Waals surface area contributed by atoms with Gasteiger partial charge >= 0.3 is 181 Å². The third-order valence-corrected chi connectivity index (χ3v) is 10.8. The summed E-state index contributed by atoms with van der Waals surface area (Å²) in [6.07, 6.45) is 10.5. The summed E-state index contributed by atoms with van der Waals surface area (Å²) < 4.78 is 123. The van der Waals surface area contributed by atoms with Crippen LogP contribution in [0.2, 0.25) is 0 Å². The molecule has 58 heavy (non-hydrogen) atoms. The average Bonchev–Trinajstić information content (AvgIpc) is 3.41. The fraction of sp³-hybridized carbons (Fsp3) is 0.457. The van der Waals surface area contributed by atoms with E-state index in [-0.39, 0.29) is 172 Å². The molecule has 4 rings (SSSR count). The molecule has 0 bridgehead atoms. The smallest absolute Gasteiger partial charge is 0.748 e. The molecule has 1 atom stereocenters. The minimum Gasteiger partial charge on any atom is -0.748 e. The molecule has 23 heteroatoms. The van der Waals surface area contributed by atoms with E-state index in [1.54, 1.807) is 6.07 Å². The first kappa shape index (κ1) is 60.9.